The van der Waals surface area contributed by atoms with Gasteiger partial charge < -0.3 is 17.3 Å². The van der Waals surface area contributed by atoms with E-state index in [1.54, 1.807) is 11.3 Å². The highest BCUT2D eigenvalue weighted by Gasteiger charge is 2.32. The molecule has 8 heteroatoms. The van der Waals surface area contributed by atoms with E-state index in [-0.39, 0.29) is 10.8 Å². The highest BCUT2D eigenvalue weighted by Crippen LogP contribution is 2.41. The van der Waals surface area contributed by atoms with Crippen LogP contribution in [0.1, 0.15) is 51.3 Å². The summed E-state index contributed by atoms with van der Waals surface area (Å²) in [6.45, 7) is 13.7. The second-order valence-electron chi connectivity index (χ2n) is 7.67. The zero-order valence-corrected chi connectivity index (χ0v) is 18.3. The second-order valence-corrected chi connectivity index (χ2v) is 10.5. The Morgan fingerprint density at radius 1 is 0.920 bits per heavy atom. The third-order valence-electron chi connectivity index (χ3n) is 3.15. The van der Waals surface area contributed by atoms with Gasteiger partial charge in [-0.15, -0.1) is 11.3 Å². The number of thiophene rings is 1. The Labute approximate surface area is 163 Å². The van der Waals surface area contributed by atoms with Gasteiger partial charge in [-0.25, -0.2) is 0 Å². The molecule has 2 aromatic heterocycles. The molecule has 0 aliphatic carbocycles. The van der Waals surface area contributed by atoms with Crippen LogP contribution in [-0.2, 0) is 10.8 Å². The Morgan fingerprint density at radius 3 is 1.60 bits per heavy atom. The molecule has 0 atom stereocenters. The second kappa shape index (κ2) is 8.05. The van der Waals surface area contributed by atoms with Crippen LogP contribution < -0.4 is 0 Å². The van der Waals surface area contributed by atoms with E-state index in [0.29, 0.717) is 0 Å². The minimum absolute atomic E-state index is 0.185. The Morgan fingerprint density at radius 2 is 1.32 bits per heavy atom. The monoisotopic (exact) mass is 456 g/mol. The molecular weight excluding hydrogens is 435 g/mol. The lowest BCUT2D eigenvalue weighted by atomic mass is 9.91. The Hall–Kier alpha value is -0.465. The molecule has 0 radical (unpaired) electrons. The van der Waals surface area contributed by atoms with Gasteiger partial charge in [0.2, 0.25) is 21.1 Å². The van der Waals surface area contributed by atoms with E-state index < -0.39 is 7.25 Å². The van der Waals surface area contributed by atoms with Gasteiger partial charge in [0.05, 0.1) is 0 Å². The van der Waals surface area contributed by atoms with Crippen molar-refractivity contribution in [1.82, 2.24) is 0 Å². The molecule has 0 saturated carbocycles. The topological polar surface area (TPSA) is 0 Å². The third-order valence-corrected chi connectivity index (χ3v) is 6.94. The summed E-state index contributed by atoms with van der Waals surface area (Å²) in [6, 6.07) is 6.84. The van der Waals surface area contributed by atoms with E-state index in [1.165, 1.54) is 24.7 Å². The van der Waals surface area contributed by atoms with Crippen molar-refractivity contribution in [3.63, 3.8) is 0 Å². The Bertz CT molecular complexity index is 674. The highest BCUT2D eigenvalue weighted by atomic mass is 79.9. The maximum atomic E-state index is 9.75. The fourth-order valence-electron chi connectivity index (χ4n) is 1.87. The van der Waals surface area contributed by atoms with Crippen LogP contribution in [-0.4, -0.2) is 7.25 Å². The molecular formula is C17H22BBrF4S2. The molecule has 2 heterocycles. The molecule has 140 valence electrons. The molecule has 0 N–H and O–H groups in total. The first-order valence-electron chi connectivity index (χ1n) is 7.69. The first-order chi connectivity index (χ1) is 11.1. The lowest BCUT2D eigenvalue weighted by Gasteiger charge is -2.16. The van der Waals surface area contributed by atoms with Gasteiger partial charge in [0.1, 0.15) is 0 Å². The predicted molar refractivity (Wildman–Crippen MR) is 107 cm³/mol. The molecule has 25 heavy (non-hydrogen) atoms. The maximum Gasteiger partial charge on any atom is 0.673 e. The first kappa shape index (κ1) is 22.6. The lowest BCUT2D eigenvalue weighted by molar-refractivity contribution is 0.368. The van der Waals surface area contributed by atoms with Crippen molar-refractivity contribution in [3.05, 3.63) is 37.8 Å². The van der Waals surface area contributed by atoms with E-state index in [0.717, 1.165) is 0 Å². The molecule has 0 aromatic carbocycles. The fourth-order valence-corrected chi connectivity index (χ4v) is 4.68. The van der Waals surface area contributed by atoms with Crippen molar-refractivity contribution in [2.45, 2.75) is 52.4 Å². The van der Waals surface area contributed by atoms with Crippen molar-refractivity contribution in [2.24, 2.45) is 0 Å². The molecule has 2 rings (SSSR count). The third kappa shape index (κ3) is 7.75. The van der Waals surface area contributed by atoms with Gasteiger partial charge in [-0.05, 0) is 27.4 Å². The average molecular weight is 457 g/mol. The van der Waals surface area contributed by atoms with Crippen molar-refractivity contribution in [1.29, 1.82) is 0 Å². The smallest absolute Gasteiger partial charge is 0.418 e. The van der Waals surface area contributed by atoms with Crippen LogP contribution in [0, 0.1) is 0 Å². The lowest BCUT2D eigenvalue weighted by Crippen LogP contribution is -2.14. The minimum Gasteiger partial charge on any atom is -0.418 e. The van der Waals surface area contributed by atoms with Gasteiger partial charge in [0.15, 0.2) is 0 Å². The van der Waals surface area contributed by atoms with Gasteiger partial charge in [-0.1, -0.05) is 41.5 Å². The number of rotatable bonds is 1. The van der Waals surface area contributed by atoms with Gasteiger partial charge in [0.25, 0.3) is 0 Å². The van der Waals surface area contributed by atoms with Crippen LogP contribution in [0.2, 0.25) is 0 Å². The predicted octanol–water partition coefficient (Wildman–Crippen LogP) is 8.42. The van der Waals surface area contributed by atoms with Gasteiger partial charge in [-0.3, -0.25) is 0 Å². The average Bonchev–Trinajstić information content (AvgIpc) is 2.80. The minimum atomic E-state index is -6.00. The van der Waals surface area contributed by atoms with Crippen LogP contribution in [0.5, 0.6) is 0 Å². The van der Waals surface area contributed by atoms with Crippen molar-refractivity contribution < 1.29 is 17.3 Å². The largest absolute Gasteiger partial charge is 0.673 e. The number of hydrogen-bond acceptors (Lipinski definition) is 1. The summed E-state index contributed by atoms with van der Waals surface area (Å²) >= 11 is 7.41. The normalized spacial score (nSPS) is 12.6. The number of halogens is 5. The van der Waals surface area contributed by atoms with Crippen molar-refractivity contribution in [3.8, 4) is 10.4 Å². The van der Waals surface area contributed by atoms with Gasteiger partial charge in [0, 0.05) is 37.9 Å². The fraction of sp³-hybridized carbons (Fsp3) is 0.471. The van der Waals surface area contributed by atoms with E-state index >= 15 is 0 Å². The molecule has 0 saturated heterocycles. The van der Waals surface area contributed by atoms with Crippen molar-refractivity contribution in [2.75, 3.05) is 0 Å². The number of hydrogen-bond donors (Lipinski definition) is 0. The quantitative estimate of drug-likeness (QED) is 0.229. The molecule has 2 aromatic rings. The van der Waals surface area contributed by atoms with Crippen LogP contribution in [0.4, 0.5) is 17.3 Å². The standard InChI is InChI=1S/C17H22BrS2.BF4/c1-16(2,3)13-9-11(15-12(18)7-8-19-15)10-14(20-13)17(4,5)6;2-1(3,4)5/h7-10H,1-6H3;/q+1;-1. The van der Waals surface area contributed by atoms with Crippen LogP contribution in [0.3, 0.4) is 0 Å². The first-order valence-corrected chi connectivity index (χ1v) is 10.2. The molecule has 0 aliphatic rings. The molecule has 0 bridgehead atoms. The molecule has 0 nitrogen and oxygen atoms in total. The van der Waals surface area contributed by atoms with E-state index in [9.17, 15) is 17.3 Å². The zero-order chi connectivity index (χ0) is 19.6. The van der Waals surface area contributed by atoms with E-state index in [1.807, 2.05) is 11.3 Å². The van der Waals surface area contributed by atoms with Crippen LogP contribution in [0.25, 0.3) is 10.4 Å². The molecule has 0 aliphatic heterocycles. The summed E-state index contributed by atoms with van der Waals surface area (Å²) in [4.78, 5) is 4.22. The summed E-state index contributed by atoms with van der Waals surface area (Å²) in [5.74, 6) is 0. The maximum absolute atomic E-state index is 9.75. The SMILES string of the molecule is CC(C)(C)c1cc(-c2sccc2Br)cc(C(C)(C)C)[s+]1.F[B-](F)(F)F. The van der Waals surface area contributed by atoms with Crippen LogP contribution >= 0.6 is 38.6 Å². The molecule has 0 unspecified atom stereocenters. The Kier molecular flexibility index (Phi) is 7.27. The highest BCUT2D eigenvalue weighted by molar-refractivity contribution is 9.10. The summed E-state index contributed by atoms with van der Waals surface area (Å²) in [5, 5.41) is 2.14. The summed E-state index contributed by atoms with van der Waals surface area (Å²) in [5.41, 5.74) is 1.70. The van der Waals surface area contributed by atoms with Gasteiger partial charge >= 0.3 is 7.25 Å². The molecule has 0 spiro atoms. The molecule has 0 amide bonds. The summed E-state index contributed by atoms with van der Waals surface area (Å²) < 4.78 is 40.2. The van der Waals surface area contributed by atoms with E-state index in [2.05, 4.69) is 81.1 Å². The van der Waals surface area contributed by atoms with Gasteiger partial charge in [-0.2, -0.15) is 0 Å². The van der Waals surface area contributed by atoms with Crippen LogP contribution in [0.15, 0.2) is 28.1 Å². The molecule has 0 fully saturated rings. The summed E-state index contributed by atoms with van der Waals surface area (Å²) in [7, 11) is -6.00. The zero-order valence-electron chi connectivity index (χ0n) is 15.1. The summed E-state index contributed by atoms with van der Waals surface area (Å²) in [6.07, 6.45) is 0. The Balaban J connectivity index is 0.000000550. The van der Waals surface area contributed by atoms with E-state index in [4.69, 9.17) is 0 Å². The van der Waals surface area contributed by atoms with Crippen molar-refractivity contribution >= 4 is 45.9 Å².